The van der Waals surface area contributed by atoms with Gasteiger partial charge in [-0.15, -0.1) is 0 Å². The zero-order valence-electron chi connectivity index (χ0n) is 15.9. The number of carbonyl (C=O) groups excluding carboxylic acids is 2. The summed E-state index contributed by atoms with van der Waals surface area (Å²) >= 11 is 0. The van der Waals surface area contributed by atoms with E-state index in [2.05, 4.69) is 4.90 Å². The largest absolute Gasteiger partial charge is 0.336 e. The van der Waals surface area contributed by atoms with E-state index < -0.39 is 0 Å². The van der Waals surface area contributed by atoms with Crippen molar-refractivity contribution < 1.29 is 9.59 Å². The third-order valence-corrected chi connectivity index (χ3v) is 5.82. The van der Waals surface area contributed by atoms with E-state index in [0.717, 1.165) is 41.9 Å². The van der Waals surface area contributed by atoms with Gasteiger partial charge in [0.15, 0.2) is 5.78 Å². The van der Waals surface area contributed by atoms with E-state index in [1.807, 2.05) is 60.4 Å². The fourth-order valence-electron chi connectivity index (χ4n) is 4.27. The van der Waals surface area contributed by atoms with Gasteiger partial charge in [0, 0.05) is 43.2 Å². The number of hydrogen-bond donors (Lipinski definition) is 0. The fraction of sp³-hybridized carbons (Fsp3) is 0.391. The van der Waals surface area contributed by atoms with E-state index in [1.54, 1.807) is 0 Å². The lowest BCUT2D eigenvalue weighted by Gasteiger charge is -2.37. The molecule has 2 aromatic rings. The second-order valence-electron chi connectivity index (χ2n) is 7.52. The van der Waals surface area contributed by atoms with E-state index in [-0.39, 0.29) is 11.7 Å². The Kier molecular flexibility index (Phi) is 5.08. The highest BCUT2D eigenvalue weighted by atomic mass is 16.2. The molecule has 0 saturated carbocycles. The SMILES string of the molecule is CCC(=O)c1cccc(-c2cccc(C(=O)N3CCN4CCC[C@H]4C3)c2)c1. The fourth-order valence-corrected chi connectivity index (χ4v) is 4.27. The molecule has 0 bridgehead atoms. The predicted octanol–water partition coefficient (Wildman–Crippen LogP) is 3.87. The van der Waals surface area contributed by atoms with Gasteiger partial charge in [-0.25, -0.2) is 0 Å². The van der Waals surface area contributed by atoms with Gasteiger partial charge in [0.25, 0.3) is 5.91 Å². The van der Waals surface area contributed by atoms with Crippen LogP contribution < -0.4 is 0 Å². The normalized spacial score (nSPS) is 19.7. The first-order chi connectivity index (χ1) is 13.2. The highest BCUT2D eigenvalue weighted by Crippen LogP contribution is 2.25. The lowest BCUT2D eigenvalue weighted by atomic mass is 9.98. The van der Waals surface area contributed by atoms with Crippen LogP contribution in [0.1, 0.15) is 46.9 Å². The van der Waals surface area contributed by atoms with Crippen LogP contribution in [0.3, 0.4) is 0 Å². The number of ketones is 1. The molecular weight excluding hydrogens is 336 g/mol. The third kappa shape index (κ3) is 3.67. The summed E-state index contributed by atoms with van der Waals surface area (Å²) in [5.41, 5.74) is 3.41. The Morgan fingerprint density at radius 1 is 0.963 bits per heavy atom. The number of amides is 1. The van der Waals surface area contributed by atoms with Crippen LogP contribution >= 0.6 is 0 Å². The van der Waals surface area contributed by atoms with Gasteiger partial charge in [0.1, 0.15) is 0 Å². The first-order valence-electron chi connectivity index (χ1n) is 9.92. The number of nitrogens with zero attached hydrogens (tertiary/aromatic N) is 2. The van der Waals surface area contributed by atoms with Crippen LogP contribution in [0.5, 0.6) is 0 Å². The van der Waals surface area contributed by atoms with Gasteiger partial charge >= 0.3 is 0 Å². The molecule has 2 saturated heterocycles. The van der Waals surface area contributed by atoms with Gasteiger partial charge in [-0.2, -0.15) is 0 Å². The molecule has 0 unspecified atom stereocenters. The van der Waals surface area contributed by atoms with Crippen molar-refractivity contribution in [1.29, 1.82) is 0 Å². The van der Waals surface area contributed by atoms with Crippen molar-refractivity contribution in [1.82, 2.24) is 9.80 Å². The van der Waals surface area contributed by atoms with E-state index in [0.29, 0.717) is 12.5 Å². The molecule has 0 aromatic heterocycles. The molecule has 0 aliphatic carbocycles. The monoisotopic (exact) mass is 362 g/mol. The first kappa shape index (κ1) is 17.9. The van der Waals surface area contributed by atoms with Crippen LogP contribution in [0.4, 0.5) is 0 Å². The summed E-state index contributed by atoms with van der Waals surface area (Å²) < 4.78 is 0. The van der Waals surface area contributed by atoms with Crippen LogP contribution in [0.15, 0.2) is 48.5 Å². The summed E-state index contributed by atoms with van der Waals surface area (Å²) in [6.45, 7) is 5.67. The maximum atomic E-state index is 13.0. The van der Waals surface area contributed by atoms with Crippen LogP contribution in [0, 0.1) is 0 Å². The molecule has 2 heterocycles. The van der Waals surface area contributed by atoms with Crippen molar-refractivity contribution in [3.63, 3.8) is 0 Å². The summed E-state index contributed by atoms with van der Waals surface area (Å²) in [4.78, 5) is 29.6. The molecule has 4 heteroatoms. The molecule has 140 valence electrons. The number of benzene rings is 2. The van der Waals surface area contributed by atoms with E-state index in [1.165, 1.54) is 19.4 Å². The summed E-state index contributed by atoms with van der Waals surface area (Å²) in [6.07, 6.45) is 2.94. The molecule has 4 nitrogen and oxygen atoms in total. The third-order valence-electron chi connectivity index (χ3n) is 5.82. The Balaban J connectivity index is 1.56. The minimum atomic E-state index is 0.115. The molecule has 2 fully saturated rings. The van der Waals surface area contributed by atoms with E-state index in [9.17, 15) is 9.59 Å². The lowest BCUT2D eigenvalue weighted by Crippen LogP contribution is -2.52. The van der Waals surface area contributed by atoms with E-state index >= 15 is 0 Å². The second kappa shape index (κ2) is 7.65. The van der Waals surface area contributed by atoms with Crippen molar-refractivity contribution >= 4 is 11.7 Å². The Morgan fingerprint density at radius 3 is 2.41 bits per heavy atom. The van der Waals surface area contributed by atoms with Crippen LogP contribution in [0.25, 0.3) is 11.1 Å². The van der Waals surface area contributed by atoms with Crippen molar-refractivity contribution in [2.45, 2.75) is 32.2 Å². The lowest BCUT2D eigenvalue weighted by molar-refractivity contribution is 0.0571. The highest BCUT2D eigenvalue weighted by molar-refractivity contribution is 5.98. The number of carbonyl (C=O) groups is 2. The quantitative estimate of drug-likeness (QED) is 0.776. The summed E-state index contributed by atoms with van der Waals surface area (Å²) in [5, 5.41) is 0. The molecule has 0 N–H and O–H groups in total. The van der Waals surface area contributed by atoms with E-state index in [4.69, 9.17) is 0 Å². The first-order valence-corrected chi connectivity index (χ1v) is 9.92. The molecule has 0 spiro atoms. The van der Waals surface area contributed by atoms with Crippen LogP contribution in [0.2, 0.25) is 0 Å². The van der Waals surface area contributed by atoms with Gasteiger partial charge in [-0.3, -0.25) is 14.5 Å². The molecule has 2 aromatic carbocycles. The number of fused-ring (bicyclic) bond motifs is 1. The maximum Gasteiger partial charge on any atom is 0.253 e. The molecule has 27 heavy (non-hydrogen) atoms. The van der Waals surface area contributed by atoms with Crippen molar-refractivity contribution in [3.05, 3.63) is 59.7 Å². The second-order valence-corrected chi connectivity index (χ2v) is 7.52. The average molecular weight is 362 g/mol. The molecule has 1 atom stereocenters. The van der Waals surface area contributed by atoms with Gasteiger partial charge in [0.2, 0.25) is 0 Å². The minimum absolute atomic E-state index is 0.115. The standard InChI is InChI=1S/C23H26N2O2/c1-2-22(26)19-8-3-6-17(14-19)18-7-4-9-20(15-18)23(27)25-13-12-24-11-5-10-21(24)16-25/h3-4,6-9,14-15,21H,2,5,10-13,16H2,1H3/t21-/m0/s1. The highest BCUT2D eigenvalue weighted by Gasteiger charge is 2.32. The zero-order valence-corrected chi connectivity index (χ0v) is 15.9. The molecule has 2 aliphatic rings. The van der Waals surface area contributed by atoms with Gasteiger partial charge in [-0.1, -0.05) is 37.3 Å². The average Bonchev–Trinajstić information content (AvgIpc) is 3.20. The Labute approximate surface area is 160 Å². The minimum Gasteiger partial charge on any atom is -0.336 e. The van der Waals surface area contributed by atoms with Gasteiger partial charge in [-0.05, 0) is 48.7 Å². The van der Waals surface area contributed by atoms with Crippen molar-refractivity contribution in [2.24, 2.45) is 0 Å². The molecule has 1 amide bonds. The topological polar surface area (TPSA) is 40.6 Å². The Hall–Kier alpha value is -2.46. The van der Waals surface area contributed by atoms with Crippen molar-refractivity contribution in [2.75, 3.05) is 26.2 Å². The van der Waals surface area contributed by atoms with Gasteiger partial charge in [0.05, 0.1) is 0 Å². The number of rotatable bonds is 4. The Morgan fingerprint density at radius 2 is 1.67 bits per heavy atom. The Bertz CT molecular complexity index is 861. The van der Waals surface area contributed by atoms with Crippen LogP contribution in [-0.4, -0.2) is 53.7 Å². The van der Waals surface area contributed by atoms with Gasteiger partial charge < -0.3 is 4.90 Å². The number of hydrogen-bond acceptors (Lipinski definition) is 3. The summed E-state index contributed by atoms with van der Waals surface area (Å²) in [6, 6.07) is 16.0. The molecule has 4 rings (SSSR count). The van der Waals surface area contributed by atoms with Crippen molar-refractivity contribution in [3.8, 4) is 11.1 Å². The number of piperazine rings is 1. The zero-order chi connectivity index (χ0) is 18.8. The summed E-state index contributed by atoms with van der Waals surface area (Å²) in [7, 11) is 0. The smallest absolute Gasteiger partial charge is 0.253 e. The predicted molar refractivity (Wildman–Crippen MR) is 107 cm³/mol. The number of Topliss-reactive ketones (excluding diaryl/α,β-unsaturated/α-hetero) is 1. The molecule has 0 radical (unpaired) electrons. The molecular formula is C23H26N2O2. The summed E-state index contributed by atoms with van der Waals surface area (Å²) in [5.74, 6) is 0.253. The molecule has 2 aliphatic heterocycles. The van der Waals surface area contributed by atoms with Crippen LogP contribution in [-0.2, 0) is 0 Å². The maximum absolute atomic E-state index is 13.0.